The van der Waals surface area contributed by atoms with Crippen LogP contribution in [0.3, 0.4) is 0 Å². The topological polar surface area (TPSA) is 29.1 Å². The molecule has 0 aliphatic rings. The lowest BCUT2D eigenvalue weighted by Crippen LogP contribution is -2.28. The van der Waals surface area contributed by atoms with Crippen molar-refractivity contribution in [2.75, 3.05) is 11.9 Å². The molecule has 1 unspecified atom stereocenters. The zero-order valence-corrected chi connectivity index (χ0v) is 11.9. The van der Waals surface area contributed by atoms with E-state index in [9.17, 15) is 4.79 Å². The monoisotopic (exact) mass is 305 g/mol. The molecule has 0 radical (unpaired) electrons. The third-order valence-corrected chi connectivity index (χ3v) is 3.99. The van der Waals surface area contributed by atoms with Gasteiger partial charge < -0.3 is 5.32 Å². The Labute approximate surface area is 116 Å². The first-order valence-corrected chi connectivity index (χ1v) is 7.16. The number of carbonyl (C=O) groups is 1. The van der Waals surface area contributed by atoms with E-state index in [0.717, 1.165) is 21.7 Å². The molecule has 0 saturated carbocycles. The van der Waals surface area contributed by atoms with Crippen LogP contribution in [0.15, 0.2) is 42.5 Å². The van der Waals surface area contributed by atoms with Crippen molar-refractivity contribution >= 4 is 32.6 Å². The summed E-state index contributed by atoms with van der Waals surface area (Å²) in [5.74, 6) is 0.433. The van der Waals surface area contributed by atoms with Crippen molar-refractivity contribution in [2.45, 2.75) is 6.92 Å². The highest BCUT2D eigenvalue weighted by Crippen LogP contribution is 2.15. The first kappa shape index (κ1) is 13.1. The molecule has 0 spiro atoms. The Balaban J connectivity index is 2.13. The van der Waals surface area contributed by atoms with E-state index in [-0.39, 0.29) is 5.91 Å². The Morgan fingerprint density at radius 3 is 2.67 bits per heavy atom. The van der Waals surface area contributed by atoms with Crippen LogP contribution < -0.4 is 5.32 Å². The van der Waals surface area contributed by atoms with Gasteiger partial charge in [-0.05, 0) is 28.8 Å². The molecule has 0 saturated heterocycles. The van der Waals surface area contributed by atoms with Crippen molar-refractivity contribution in [1.82, 2.24) is 5.32 Å². The number of hydrogen-bond acceptors (Lipinski definition) is 1. The van der Waals surface area contributed by atoms with E-state index in [0.29, 0.717) is 12.5 Å². The summed E-state index contributed by atoms with van der Waals surface area (Å²) in [5.41, 5.74) is 0.718. The fraction of sp³-hybridized carbons (Fsp3) is 0.267. The summed E-state index contributed by atoms with van der Waals surface area (Å²) >= 11 is 3.40. The van der Waals surface area contributed by atoms with Crippen LogP contribution in [0.4, 0.5) is 0 Å². The molecule has 0 aliphatic carbocycles. The SMILES string of the molecule is CC(CBr)CNC(=O)c1ccc2ccccc2c1. The van der Waals surface area contributed by atoms with Crippen LogP contribution >= 0.6 is 15.9 Å². The lowest BCUT2D eigenvalue weighted by atomic mass is 10.1. The Hall–Kier alpha value is -1.35. The second kappa shape index (κ2) is 6.01. The Morgan fingerprint density at radius 2 is 1.94 bits per heavy atom. The fourth-order valence-electron chi connectivity index (χ4n) is 1.75. The third kappa shape index (κ3) is 3.10. The van der Waals surface area contributed by atoms with Gasteiger partial charge in [-0.2, -0.15) is 0 Å². The Kier molecular flexibility index (Phi) is 4.37. The van der Waals surface area contributed by atoms with E-state index >= 15 is 0 Å². The Bertz CT molecular complexity index is 553. The van der Waals surface area contributed by atoms with Gasteiger partial charge in [0, 0.05) is 17.4 Å². The van der Waals surface area contributed by atoms with Gasteiger partial charge in [0.05, 0.1) is 0 Å². The number of carbonyl (C=O) groups excluding carboxylic acids is 1. The zero-order chi connectivity index (χ0) is 13.0. The van der Waals surface area contributed by atoms with Gasteiger partial charge in [-0.1, -0.05) is 53.2 Å². The van der Waals surface area contributed by atoms with Crippen molar-refractivity contribution in [3.8, 4) is 0 Å². The molecule has 1 amide bonds. The maximum atomic E-state index is 12.0. The fourth-order valence-corrected chi connectivity index (χ4v) is 1.98. The van der Waals surface area contributed by atoms with Gasteiger partial charge in [-0.3, -0.25) is 4.79 Å². The van der Waals surface area contributed by atoms with Crippen molar-refractivity contribution in [2.24, 2.45) is 5.92 Å². The van der Waals surface area contributed by atoms with Gasteiger partial charge in [0.25, 0.3) is 5.91 Å². The van der Waals surface area contributed by atoms with Crippen molar-refractivity contribution in [3.05, 3.63) is 48.0 Å². The molecule has 1 atom stereocenters. The van der Waals surface area contributed by atoms with Crippen LogP contribution in [0, 0.1) is 5.92 Å². The molecular weight excluding hydrogens is 290 g/mol. The lowest BCUT2D eigenvalue weighted by Gasteiger charge is -2.10. The van der Waals surface area contributed by atoms with Gasteiger partial charge >= 0.3 is 0 Å². The molecule has 0 aliphatic heterocycles. The molecule has 94 valence electrons. The summed E-state index contributed by atoms with van der Waals surface area (Å²) in [6.45, 7) is 2.78. The quantitative estimate of drug-likeness (QED) is 0.859. The molecule has 2 aromatic rings. The number of rotatable bonds is 4. The molecule has 3 heteroatoms. The predicted molar refractivity (Wildman–Crippen MR) is 79.2 cm³/mol. The number of benzene rings is 2. The van der Waals surface area contributed by atoms with Crippen LogP contribution in [0.5, 0.6) is 0 Å². The number of fused-ring (bicyclic) bond motifs is 1. The van der Waals surface area contributed by atoms with E-state index in [1.807, 2.05) is 42.5 Å². The van der Waals surface area contributed by atoms with E-state index in [1.165, 1.54) is 0 Å². The molecule has 2 rings (SSSR count). The first-order chi connectivity index (χ1) is 8.70. The molecule has 0 aromatic heterocycles. The van der Waals surface area contributed by atoms with E-state index in [1.54, 1.807) is 0 Å². The molecular formula is C15H16BrNO. The molecule has 18 heavy (non-hydrogen) atoms. The molecule has 2 nitrogen and oxygen atoms in total. The molecule has 0 fully saturated rings. The van der Waals surface area contributed by atoms with Gasteiger partial charge in [0.1, 0.15) is 0 Å². The summed E-state index contributed by atoms with van der Waals surface area (Å²) in [6.07, 6.45) is 0. The van der Waals surface area contributed by atoms with E-state index < -0.39 is 0 Å². The molecule has 1 N–H and O–H groups in total. The minimum atomic E-state index is -0.00597. The maximum Gasteiger partial charge on any atom is 0.251 e. The summed E-state index contributed by atoms with van der Waals surface area (Å²) in [6, 6.07) is 13.8. The van der Waals surface area contributed by atoms with Crippen LogP contribution in [0.2, 0.25) is 0 Å². The van der Waals surface area contributed by atoms with Crippen LogP contribution in [0.1, 0.15) is 17.3 Å². The highest BCUT2D eigenvalue weighted by molar-refractivity contribution is 9.09. The van der Waals surface area contributed by atoms with Crippen molar-refractivity contribution < 1.29 is 4.79 Å². The second-order valence-electron chi connectivity index (χ2n) is 4.53. The summed E-state index contributed by atoms with van der Waals surface area (Å²) in [5, 5.41) is 6.09. The highest BCUT2D eigenvalue weighted by atomic mass is 79.9. The standard InChI is InChI=1S/C15H16BrNO/c1-11(9-16)10-17-15(18)14-7-6-12-4-2-3-5-13(12)8-14/h2-8,11H,9-10H2,1H3,(H,17,18). The van der Waals surface area contributed by atoms with Gasteiger partial charge in [-0.15, -0.1) is 0 Å². The average Bonchev–Trinajstić information content (AvgIpc) is 2.43. The Morgan fingerprint density at radius 1 is 1.22 bits per heavy atom. The number of halogens is 1. The van der Waals surface area contributed by atoms with Crippen LogP contribution in [-0.2, 0) is 0 Å². The number of nitrogens with one attached hydrogen (secondary N) is 1. The lowest BCUT2D eigenvalue weighted by molar-refractivity contribution is 0.0949. The first-order valence-electron chi connectivity index (χ1n) is 6.03. The minimum Gasteiger partial charge on any atom is -0.352 e. The summed E-state index contributed by atoms with van der Waals surface area (Å²) in [4.78, 5) is 12.0. The van der Waals surface area contributed by atoms with Crippen LogP contribution in [0.25, 0.3) is 10.8 Å². The van der Waals surface area contributed by atoms with Gasteiger partial charge in [0.2, 0.25) is 0 Å². The normalized spacial score (nSPS) is 12.3. The second-order valence-corrected chi connectivity index (χ2v) is 5.18. The summed E-state index contributed by atoms with van der Waals surface area (Å²) in [7, 11) is 0. The van der Waals surface area contributed by atoms with E-state index in [2.05, 4.69) is 28.2 Å². The number of amides is 1. The smallest absolute Gasteiger partial charge is 0.251 e. The van der Waals surface area contributed by atoms with Crippen molar-refractivity contribution in [3.63, 3.8) is 0 Å². The number of hydrogen-bond donors (Lipinski definition) is 1. The molecule has 0 heterocycles. The maximum absolute atomic E-state index is 12.0. The van der Waals surface area contributed by atoms with Gasteiger partial charge in [-0.25, -0.2) is 0 Å². The zero-order valence-electron chi connectivity index (χ0n) is 10.3. The van der Waals surface area contributed by atoms with E-state index in [4.69, 9.17) is 0 Å². The third-order valence-electron chi connectivity index (χ3n) is 2.89. The van der Waals surface area contributed by atoms with Crippen molar-refractivity contribution in [1.29, 1.82) is 0 Å². The van der Waals surface area contributed by atoms with Gasteiger partial charge in [0.15, 0.2) is 0 Å². The largest absolute Gasteiger partial charge is 0.352 e. The minimum absolute atomic E-state index is 0.00597. The average molecular weight is 306 g/mol. The molecule has 0 bridgehead atoms. The highest BCUT2D eigenvalue weighted by Gasteiger charge is 2.07. The molecule has 2 aromatic carbocycles. The number of alkyl halides is 1. The predicted octanol–water partition coefficient (Wildman–Crippen LogP) is 3.60. The summed E-state index contributed by atoms with van der Waals surface area (Å²) < 4.78 is 0. The van der Waals surface area contributed by atoms with Crippen LogP contribution in [-0.4, -0.2) is 17.8 Å².